The van der Waals surface area contributed by atoms with Gasteiger partial charge in [-0.2, -0.15) is 0 Å². The molecule has 1 aromatic heterocycles. The van der Waals surface area contributed by atoms with Crippen molar-refractivity contribution in [2.24, 2.45) is 0 Å². The van der Waals surface area contributed by atoms with E-state index >= 15 is 0 Å². The molecule has 0 fully saturated rings. The molecule has 1 aliphatic heterocycles. The van der Waals surface area contributed by atoms with Crippen molar-refractivity contribution in [1.29, 1.82) is 0 Å². The first-order valence-electron chi connectivity index (χ1n) is 8.98. The summed E-state index contributed by atoms with van der Waals surface area (Å²) in [5.74, 6) is -2.01. The summed E-state index contributed by atoms with van der Waals surface area (Å²) >= 11 is 5.96. The van der Waals surface area contributed by atoms with E-state index < -0.39 is 17.7 Å². The van der Waals surface area contributed by atoms with Crippen LogP contribution in [0.1, 0.15) is 21.5 Å². The topological polar surface area (TPSA) is 77.4 Å². The minimum atomic E-state index is -0.802. The molecule has 7 heteroatoms. The standard InChI is InChI=1S/C22H17ClN2O4/c1-13-3-2-4-18-20(13)17(11-25(18)10-14-5-7-15(23)8-6-14)21(27)22(28)24-16-9-19(26)29-12-16/h2-9,11H,10,12H2,1H3,(H,24,28). The number of benzene rings is 2. The first kappa shape index (κ1) is 19.0. The molecule has 0 atom stereocenters. The molecule has 0 saturated heterocycles. The summed E-state index contributed by atoms with van der Waals surface area (Å²) in [6.45, 7) is 2.38. The molecule has 29 heavy (non-hydrogen) atoms. The summed E-state index contributed by atoms with van der Waals surface area (Å²) in [5, 5.41) is 3.84. The first-order chi connectivity index (χ1) is 13.9. The summed E-state index contributed by atoms with van der Waals surface area (Å²) in [6.07, 6.45) is 2.86. The lowest BCUT2D eigenvalue weighted by Gasteiger charge is -2.06. The molecule has 2 aromatic carbocycles. The normalized spacial score (nSPS) is 13.3. The van der Waals surface area contributed by atoms with E-state index in [1.807, 2.05) is 54.0 Å². The van der Waals surface area contributed by atoms with E-state index in [1.165, 1.54) is 6.08 Å². The highest BCUT2D eigenvalue weighted by molar-refractivity contribution is 6.45. The van der Waals surface area contributed by atoms with E-state index in [-0.39, 0.29) is 12.3 Å². The molecule has 0 spiro atoms. The lowest BCUT2D eigenvalue weighted by atomic mass is 10.0. The maximum atomic E-state index is 12.9. The number of nitrogens with one attached hydrogen (secondary N) is 1. The van der Waals surface area contributed by atoms with Crippen LogP contribution in [0.2, 0.25) is 5.02 Å². The van der Waals surface area contributed by atoms with E-state index in [0.717, 1.165) is 22.0 Å². The minimum absolute atomic E-state index is 0.0464. The number of hydrogen-bond acceptors (Lipinski definition) is 4. The van der Waals surface area contributed by atoms with Gasteiger partial charge in [-0.25, -0.2) is 4.79 Å². The average molecular weight is 409 g/mol. The number of Topliss-reactive ketones (excluding diaryl/α,β-unsaturated/α-hetero) is 1. The smallest absolute Gasteiger partial charge is 0.333 e. The van der Waals surface area contributed by atoms with Crippen molar-refractivity contribution in [3.8, 4) is 0 Å². The van der Waals surface area contributed by atoms with Crippen LogP contribution in [-0.2, 0) is 20.9 Å². The van der Waals surface area contributed by atoms with Crippen molar-refractivity contribution >= 4 is 40.2 Å². The van der Waals surface area contributed by atoms with Crippen molar-refractivity contribution in [2.45, 2.75) is 13.5 Å². The van der Waals surface area contributed by atoms with Crippen LogP contribution >= 0.6 is 11.6 Å². The van der Waals surface area contributed by atoms with Crippen LogP contribution < -0.4 is 5.32 Å². The second kappa shape index (κ2) is 7.56. The number of carbonyl (C=O) groups is 3. The van der Waals surface area contributed by atoms with Gasteiger partial charge in [-0.05, 0) is 36.2 Å². The van der Waals surface area contributed by atoms with Crippen LogP contribution in [0.3, 0.4) is 0 Å². The van der Waals surface area contributed by atoms with Crippen molar-refractivity contribution in [3.05, 3.63) is 82.1 Å². The van der Waals surface area contributed by atoms with Crippen LogP contribution in [0.5, 0.6) is 0 Å². The van der Waals surface area contributed by atoms with Crippen LogP contribution in [0, 0.1) is 6.92 Å². The highest BCUT2D eigenvalue weighted by atomic mass is 35.5. The van der Waals surface area contributed by atoms with E-state index in [0.29, 0.717) is 17.1 Å². The van der Waals surface area contributed by atoms with Gasteiger partial charge in [0.1, 0.15) is 6.61 Å². The number of esters is 1. The number of cyclic esters (lactones) is 1. The largest absolute Gasteiger partial charge is 0.456 e. The second-order valence-corrected chi connectivity index (χ2v) is 7.26. The Kier molecular flexibility index (Phi) is 4.94. The maximum Gasteiger partial charge on any atom is 0.333 e. The number of carbonyl (C=O) groups excluding carboxylic acids is 3. The Morgan fingerprint density at radius 2 is 1.93 bits per heavy atom. The van der Waals surface area contributed by atoms with E-state index in [1.54, 1.807) is 6.20 Å². The van der Waals surface area contributed by atoms with Crippen molar-refractivity contribution in [2.75, 3.05) is 6.61 Å². The van der Waals surface area contributed by atoms with Gasteiger partial charge in [0.15, 0.2) is 0 Å². The van der Waals surface area contributed by atoms with Gasteiger partial charge in [0.25, 0.3) is 11.7 Å². The Labute approximate surface area is 171 Å². The summed E-state index contributed by atoms with van der Waals surface area (Å²) in [5.41, 5.74) is 3.36. The minimum Gasteiger partial charge on any atom is -0.456 e. The van der Waals surface area contributed by atoms with Crippen LogP contribution in [0.4, 0.5) is 0 Å². The monoisotopic (exact) mass is 408 g/mol. The van der Waals surface area contributed by atoms with E-state index in [4.69, 9.17) is 16.3 Å². The van der Waals surface area contributed by atoms with Gasteiger partial charge in [0.2, 0.25) is 0 Å². The lowest BCUT2D eigenvalue weighted by Crippen LogP contribution is -2.31. The third kappa shape index (κ3) is 3.79. The second-order valence-electron chi connectivity index (χ2n) is 6.83. The predicted molar refractivity (Wildman–Crippen MR) is 109 cm³/mol. The molecular weight excluding hydrogens is 392 g/mol. The number of nitrogens with zero attached hydrogens (tertiary/aromatic N) is 1. The third-order valence-corrected chi connectivity index (χ3v) is 5.02. The molecule has 0 aliphatic carbocycles. The van der Waals surface area contributed by atoms with Crippen LogP contribution in [0.15, 0.2) is 60.4 Å². The maximum absolute atomic E-state index is 12.9. The predicted octanol–water partition coefficient (Wildman–Crippen LogP) is 3.39. The van der Waals surface area contributed by atoms with Crippen LogP contribution in [-0.4, -0.2) is 28.8 Å². The lowest BCUT2D eigenvalue weighted by molar-refractivity contribution is -0.135. The number of aryl methyl sites for hydroxylation is 1. The SMILES string of the molecule is Cc1cccc2c1c(C(=O)C(=O)NC1=CC(=O)OC1)cn2Cc1ccc(Cl)cc1. The third-order valence-electron chi connectivity index (χ3n) is 4.77. The quantitative estimate of drug-likeness (QED) is 0.399. The van der Waals surface area contributed by atoms with Gasteiger partial charge in [-0.3, -0.25) is 9.59 Å². The zero-order valence-corrected chi connectivity index (χ0v) is 16.3. The average Bonchev–Trinajstić information content (AvgIpc) is 3.27. The fraction of sp³-hybridized carbons (Fsp3) is 0.136. The Hall–Kier alpha value is -3.38. The van der Waals surface area contributed by atoms with E-state index in [9.17, 15) is 14.4 Å². The molecule has 1 N–H and O–H groups in total. The molecule has 2 heterocycles. The van der Waals surface area contributed by atoms with Gasteiger partial charge < -0.3 is 14.6 Å². The van der Waals surface area contributed by atoms with Gasteiger partial charge in [0, 0.05) is 34.7 Å². The number of amides is 1. The van der Waals surface area contributed by atoms with Crippen molar-refractivity contribution < 1.29 is 19.1 Å². The molecule has 0 unspecified atom stereocenters. The molecule has 0 radical (unpaired) electrons. The number of fused-ring (bicyclic) bond motifs is 1. The number of halogens is 1. The summed E-state index contributed by atoms with van der Waals surface area (Å²) in [7, 11) is 0. The van der Waals surface area contributed by atoms with Gasteiger partial charge in [0.05, 0.1) is 11.3 Å². The molecule has 0 saturated carbocycles. The van der Waals surface area contributed by atoms with Gasteiger partial charge in [-0.1, -0.05) is 35.9 Å². The molecule has 1 aliphatic rings. The zero-order valence-electron chi connectivity index (χ0n) is 15.6. The Bertz CT molecular complexity index is 1180. The highest BCUT2D eigenvalue weighted by Crippen LogP contribution is 2.26. The molecule has 0 bridgehead atoms. The Balaban J connectivity index is 1.69. The van der Waals surface area contributed by atoms with Gasteiger partial charge >= 0.3 is 5.97 Å². The molecule has 6 nitrogen and oxygen atoms in total. The number of hydrogen-bond donors (Lipinski definition) is 1. The molecule has 4 rings (SSSR count). The molecular formula is C22H17ClN2O4. The number of aromatic nitrogens is 1. The summed E-state index contributed by atoms with van der Waals surface area (Å²) in [4.78, 5) is 36.5. The number of ketones is 1. The first-order valence-corrected chi connectivity index (χ1v) is 9.36. The van der Waals surface area contributed by atoms with Crippen molar-refractivity contribution in [1.82, 2.24) is 9.88 Å². The number of rotatable bonds is 5. The fourth-order valence-corrected chi connectivity index (χ4v) is 3.52. The molecule has 146 valence electrons. The fourth-order valence-electron chi connectivity index (χ4n) is 3.39. The highest BCUT2D eigenvalue weighted by Gasteiger charge is 2.25. The Morgan fingerprint density at radius 3 is 2.62 bits per heavy atom. The van der Waals surface area contributed by atoms with Gasteiger partial charge in [-0.15, -0.1) is 0 Å². The summed E-state index contributed by atoms with van der Waals surface area (Å²) < 4.78 is 6.69. The summed E-state index contributed by atoms with van der Waals surface area (Å²) in [6, 6.07) is 13.2. The van der Waals surface area contributed by atoms with Crippen LogP contribution in [0.25, 0.3) is 10.9 Å². The molecule has 1 amide bonds. The van der Waals surface area contributed by atoms with Crippen molar-refractivity contribution in [3.63, 3.8) is 0 Å². The Morgan fingerprint density at radius 1 is 1.17 bits per heavy atom. The van der Waals surface area contributed by atoms with E-state index in [2.05, 4.69) is 5.32 Å². The molecule has 3 aromatic rings. The number of ether oxygens (including phenoxy) is 1. The zero-order chi connectivity index (χ0) is 20.5.